The predicted octanol–water partition coefficient (Wildman–Crippen LogP) is 3.04. The maximum Gasteiger partial charge on any atom is 0.324 e. The van der Waals surface area contributed by atoms with Crippen molar-refractivity contribution in [2.75, 3.05) is 13.2 Å². The molecule has 0 aliphatic rings. The number of ketones is 1. The van der Waals surface area contributed by atoms with Crippen molar-refractivity contribution in [1.29, 1.82) is 0 Å². The van der Waals surface area contributed by atoms with Gasteiger partial charge >= 0.3 is 11.9 Å². The van der Waals surface area contributed by atoms with E-state index in [0.717, 1.165) is 6.07 Å². The van der Waals surface area contributed by atoms with Crippen LogP contribution < -0.4 is 0 Å². The van der Waals surface area contributed by atoms with Crippen molar-refractivity contribution < 1.29 is 28.8 Å². The molecule has 146 valence electrons. The van der Waals surface area contributed by atoms with Crippen LogP contribution >= 0.6 is 0 Å². The summed E-state index contributed by atoms with van der Waals surface area (Å²) in [7, 11) is 0. The van der Waals surface area contributed by atoms with Crippen LogP contribution in [0.4, 0.5) is 5.69 Å². The van der Waals surface area contributed by atoms with Gasteiger partial charge in [-0.1, -0.05) is 36.4 Å². The second-order valence-electron chi connectivity index (χ2n) is 5.67. The van der Waals surface area contributed by atoms with Gasteiger partial charge in [0.2, 0.25) is 0 Å². The van der Waals surface area contributed by atoms with E-state index >= 15 is 0 Å². The first-order valence-corrected chi connectivity index (χ1v) is 8.62. The third-order valence-corrected chi connectivity index (χ3v) is 3.88. The molecule has 8 heteroatoms. The average Bonchev–Trinajstić information content (AvgIpc) is 2.68. The molecule has 0 aliphatic carbocycles. The van der Waals surface area contributed by atoms with E-state index in [2.05, 4.69) is 0 Å². The van der Waals surface area contributed by atoms with E-state index in [4.69, 9.17) is 9.47 Å². The second-order valence-corrected chi connectivity index (χ2v) is 5.67. The summed E-state index contributed by atoms with van der Waals surface area (Å²) in [5.74, 6) is -3.75. The summed E-state index contributed by atoms with van der Waals surface area (Å²) in [6.07, 6.45) is 0. The summed E-state index contributed by atoms with van der Waals surface area (Å²) in [4.78, 5) is 48.1. The fourth-order valence-corrected chi connectivity index (χ4v) is 2.64. The van der Waals surface area contributed by atoms with Crippen molar-refractivity contribution in [3.05, 3.63) is 75.3 Å². The number of benzene rings is 2. The quantitative estimate of drug-likeness (QED) is 0.226. The summed E-state index contributed by atoms with van der Waals surface area (Å²) in [6, 6.07) is 11.5. The molecule has 0 fully saturated rings. The third-order valence-electron chi connectivity index (χ3n) is 3.88. The molecule has 0 radical (unpaired) electrons. The first kappa shape index (κ1) is 20.8. The monoisotopic (exact) mass is 385 g/mol. The van der Waals surface area contributed by atoms with Gasteiger partial charge in [-0.3, -0.25) is 24.5 Å². The third kappa shape index (κ3) is 4.59. The van der Waals surface area contributed by atoms with Crippen LogP contribution in [0.1, 0.15) is 41.3 Å². The standard InChI is InChI=1S/C20H19NO7/c1-3-27-19(23)17(20(24)28-4-2)14-10-11-16(21(25)26)15(12-14)18(22)13-8-6-5-7-9-13/h5-12,17H,3-4H2,1-2H3. The maximum absolute atomic E-state index is 12.8. The number of rotatable bonds is 8. The van der Waals surface area contributed by atoms with Crippen LogP contribution in [0.3, 0.4) is 0 Å². The molecule has 0 saturated heterocycles. The molecule has 0 spiro atoms. The van der Waals surface area contributed by atoms with Crippen LogP contribution in [-0.2, 0) is 19.1 Å². The summed E-state index contributed by atoms with van der Waals surface area (Å²) < 4.78 is 9.86. The second kappa shape index (κ2) is 9.40. The van der Waals surface area contributed by atoms with E-state index in [1.807, 2.05) is 0 Å². The Bertz CT molecular complexity index is 875. The SMILES string of the molecule is CCOC(=O)C(C(=O)OCC)c1ccc([N+](=O)[O-])c(C(=O)c2ccccc2)c1. The number of nitro groups is 1. The van der Waals surface area contributed by atoms with Crippen LogP contribution in [0.25, 0.3) is 0 Å². The van der Waals surface area contributed by atoms with Gasteiger partial charge in [0.25, 0.3) is 5.69 Å². The Morgan fingerprint density at radius 1 is 0.964 bits per heavy atom. The molecule has 2 aromatic carbocycles. The Morgan fingerprint density at radius 3 is 2.04 bits per heavy atom. The molecule has 0 heterocycles. The van der Waals surface area contributed by atoms with E-state index in [1.54, 1.807) is 32.0 Å². The smallest absolute Gasteiger partial charge is 0.324 e. The van der Waals surface area contributed by atoms with Crippen LogP contribution in [0, 0.1) is 10.1 Å². The largest absolute Gasteiger partial charge is 0.465 e. The van der Waals surface area contributed by atoms with E-state index in [0.29, 0.717) is 0 Å². The molecule has 0 saturated carbocycles. The molecule has 0 aromatic heterocycles. The predicted molar refractivity (Wildman–Crippen MR) is 99.0 cm³/mol. The average molecular weight is 385 g/mol. The van der Waals surface area contributed by atoms with Gasteiger partial charge in [-0.2, -0.15) is 0 Å². The van der Waals surface area contributed by atoms with E-state index in [9.17, 15) is 24.5 Å². The summed E-state index contributed by atoms with van der Waals surface area (Å²) in [6.45, 7) is 3.25. The topological polar surface area (TPSA) is 113 Å². The zero-order chi connectivity index (χ0) is 20.7. The summed E-state index contributed by atoms with van der Waals surface area (Å²) in [5.41, 5.74) is -0.329. The number of carbonyl (C=O) groups is 3. The zero-order valence-electron chi connectivity index (χ0n) is 15.4. The van der Waals surface area contributed by atoms with Crippen molar-refractivity contribution in [2.45, 2.75) is 19.8 Å². The minimum atomic E-state index is -1.44. The minimum absolute atomic E-state index is 0.0392. The number of esters is 2. The van der Waals surface area contributed by atoms with Gasteiger partial charge in [0.15, 0.2) is 11.7 Å². The molecule has 0 unspecified atom stereocenters. The Balaban J connectivity index is 2.58. The lowest BCUT2D eigenvalue weighted by Crippen LogP contribution is -2.26. The van der Waals surface area contributed by atoms with Crippen LogP contribution in [0.5, 0.6) is 0 Å². The highest BCUT2D eigenvalue weighted by atomic mass is 16.6. The molecule has 28 heavy (non-hydrogen) atoms. The van der Waals surface area contributed by atoms with Gasteiger partial charge in [-0.25, -0.2) is 0 Å². The number of hydrogen-bond acceptors (Lipinski definition) is 7. The van der Waals surface area contributed by atoms with E-state index in [-0.39, 0.29) is 29.9 Å². The Morgan fingerprint density at radius 2 is 1.54 bits per heavy atom. The number of nitrogens with zero attached hydrogens (tertiary/aromatic N) is 1. The Labute approximate surface area is 161 Å². The lowest BCUT2D eigenvalue weighted by atomic mass is 9.93. The van der Waals surface area contributed by atoms with Gasteiger partial charge in [0.05, 0.1) is 18.1 Å². The number of nitro benzene ring substituents is 1. The molecule has 2 rings (SSSR count). The van der Waals surface area contributed by atoms with Crippen molar-refractivity contribution in [3.8, 4) is 0 Å². The highest BCUT2D eigenvalue weighted by Crippen LogP contribution is 2.28. The van der Waals surface area contributed by atoms with Crippen molar-refractivity contribution >= 4 is 23.4 Å². The van der Waals surface area contributed by atoms with Crippen LogP contribution in [0.15, 0.2) is 48.5 Å². The first-order chi connectivity index (χ1) is 13.4. The number of carbonyl (C=O) groups excluding carboxylic acids is 3. The van der Waals surface area contributed by atoms with Gasteiger partial charge in [0.1, 0.15) is 5.56 Å². The van der Waals surface area contributed by atoms with Crippen molar-refractivity contribution in [1.82, 2.24) is 0 Å². The molecule has 0 N–H and O–H groups in total. The van der Waals surface area contributed by atoms with Gasteiger partial charge < -0.3 is 9.47 Å². The zero-order valence-corrected chi connectivity index (χ0v) is 15.4. The fraction of sp³-hybridized carbons (Fsp3) is 0.250. The minimum Gasteiger partial charge on any atom is -0.465 e. The first-order valence-electron chi connectivity index (χ1n) is 8.62. The lowest BCUT2D eigenvalue weighted by Gasteiger charge is -2.15. The molecule has 8 nitrogen and oxygen atoms in total. The van der Waals surface area contributed by atoms with Crippen molar-refractivity contribution in [3.63, 3.8) is 0 Å². The fourth-order valence-electron chi connectivity index (χ4n) is 2.64. The van der Waals surface area contributed by atoms with Gasteiger partial charge in [-0.05, 0) is 25.5 Å². The van der Waals surface area contributed by atoms with Crippen LogP contribution in [0.2, 0.25) is 0 Å². The normalized spacial score (nSPS) is 10.4. The molecule has 0 bridgehead atoms. The van der Waals surface area contributed by atoms with E-state index < -0.39 is 34.3 Å². The number of hydrogen-bond donors (Lipinski definition) is 0. The molecule has 0 aliphatic heterocycles. The Kier molecular flexibility index (Phi) is 6.97. The number of ether oxygens (including phenoxy) is 2. The molecule has 0 amide bonds. The molecular formula is C20H19NO7. The highest BCUT2D eigenvalue weighted by molar-refractivity contribution is 6.12. The van der Waals surface area contributed by atoms with Gasteiger partial charge in [-0.15, -0.1) is 0 Å². The summed E-state index contributed by atoms with van der Waals surface area (Å²) >= 11 is 0. The van der Waals surface area contributed by atoms with E-state index in [1.165, 1.54) is 24.3 Å². The molecule has 2 aromatic rings. The van der Waals surface area contributed by atoms with Crippen LogP contribution in [-0.4, -0.2) is 35.9 Å². The van der Waals surface area contributed by atoms with Crippen molar-refractivity contribution in [2.24, 2.45) is 0 Å². The Hall–Kier alpha value is -3.55. The maximum atomic E-state index is 12.8. The lowest BCUT2D eigenvalue weighted by molar-refractivity contribution is -0.385. The molecular weight excluding hydrogens is 366 g/mol. The highest BCUT2D eigenvalue weighted by Gasteiger charge is 2.33. The summed E-state index contributed by atoms with van der Waals surface area (Å²) in [5, 5.41) is 11.4. The van der Waals surface area contributed by atoms with Gasteiger partial charge in [0, 0.05) is 11.6 Å². The molecule has 0 atom stereocenters.